The summed E-state index contributed by atoms with van der Waals surface area (Å²) in [5, 5.41) is 3.00. The number of likely N-dealkylation sites (tertiary alicyclic amines) is 1. The molecule has 24 heavy (non-hydrogen) atoms. The fourth-order valence-electron chi connectivity index (χ4n) is 3.17. The van der Waals surface area contributed by atoms with Gasteiger partial charge in [0.05, 0.1) is 0 Å². The number of amides is 2. The number of benzene rings is 1. The van der Waals surface area contributed by atoms with Crippen LogP contribution >= 0.6 is 0 Å². The van der Waals surface area contributed by atoms with Crippen LogP contribution in [-0.2, 0) is 16.0 Å². The standard InChI is InChI=1S/C20H30N2O2/c1-20(2,3)22-15-17(13-19(22)24)14-21-18(23)12-8-7-11-16-9-5-4-6-10-16/h4-6,9-10,17H,7-8,11-15H2,1-3H3,(H,21,23). The molecule has 1 aliphatic heterocycles. The third-order valence-corrected chi connectivity index (χ3v) is 4.56. The summed E-state index contributed by atoms with van der Waals surface area (Å²) < 4.78 is 0. The lowest BCUT2D eigenvalue weighted by atomic mass is 10.1. The fourth-order valence-corrected chi connectivity index (χ4v) is 3.17. The average molecular weight is 330 g/mol. The zero-order chi connectivity index (χ0) is 17.6. The highest BCUT2D eigenvalue weighted by Crippen LogP contribution is 2.25. The molecule has 1 fully saturated rings. The first-order valence-corrected chi connectivity index (χ1v) is 8.97. The van der Waals surface area contributed by atoms with Gasteiger partial charge in [-0.3, -0.25) is 9.59 Å². The van der Waals surface area contributed by atoms with Gasteiger partial charge in [0.15, 0.2) is 0 Å². The number of hydrogen-bond acceptors (Lipinski definition) is 2. The maximum atomic E-state index is 12.0. The van der Waals surface area contributed by atoms with E-state index in [1.807, 2.05) is 23.1 Å². The van der Waals surface area contributed by atoms with Gasteiger partial charge in [-0.1, -0.05) is 30.3 Å². The Kier molecular flexibility index (Phi) is 6.41. The first kappa shape index (κ1) is 18.5. The van der Waals surface area contributed by atoms with E-state index in [0.717, 1.165) is 25.8 Å². The lowest BCUT2D eigenvalue weighted by Gasteiger charge is -2.32. The Hall–Kier alpha value is -1.84. The Labute approximate surface area is 145 Å². The number of nitrogens with one attached hydrogen (secondary N) is 1. The highest BCUT2D eigenvalue weighted by atomic mass is 16.2. The summed E-state index contributed by atoms with van der Waals surface area (Å²) in [4.78, 5) is 25.9. The molecule has 1 atom stereocenters. The van der Waals surface area contributed by atoms with E-state index in [4.69, 9.17) is 0 Å². The summed E-state index contributed by atoms with van der Waals surface area (Å²) in [6.07, 6.45) is 4.06. The van der Waals surface area contributed by atoms with Gasteiger partial charge in [0.2, 0.25) is 11.8 Å². The molecule has 0 radical (unpaired) electrons. The van der Waals surface area contributed by atoms with Crippen LogP contribution < -0.4 is 5.32 Å². The van der Waals surface area contributed by atoms with Crippen molar-refractivity contribution in [3.8, 4) is 0 Å². The molecule has 1 aromatic rings. The highest BCUT2D eigenvalue weighted by Gasteiger charge is 2.35. The second kappa shape index (κ2) is 8.32. The van der Waals surface area contributed by atoms with Gasteiger partial charge < -0.3 is 10.2 Å². The molecule has 4 heteroatoms. The van der Waals surface area contributed by atoms with Crippen molar-refractivity contribution in [1.29, 1.82) is 0 Å². The fraction of sp³-hybridized carbons (Fsp3) is 0.600. The Morgan fingerprint density at radius 1 is 1.21 bits per heavy atom. The summed E-state index contributed by atoms with van der Waals surface area (Å²) in [5.74, 6) is 0.541. The van der Waals surface area contributed by atoms with E-state index in [1.54, 1.807) is 0 Å². The average Bonchev–Trinajstić information content (AvgIpc) is 2.92. The van der Waals surface area contributed by atoms with Crippen molar-refractivity contribution in [2.24, 2.45) is 5.92 Å². The third-order valence-electron chi connectivity index (χ3n) is 4.56. The molecule has 1 N–H and O–H groups in total. The first-order chi connectivity index (χ1) is 11.4. The molecule has 0 saturated carbocycles. The van der Waals surface area contributed by atoms with Gasteiger partial charge in [-0.05, 0) is 45.6 Å². The van der Waals surface area contributed by atoms with Crippen LogP contribution in [-0.4, -0.2) is 35.3 Å². The Morgan fingerprint density at radius 2 is 1.92 bits per heavy atom. The minimum atomic E-state index is -0.132. The molecule has 1 saturated heterocycles. The van der Waals surface area contributed by atoms with E-state index in [2.05, 4.69) is 38.2 Å². The second-order valence-electron chi connectivity index (χ2n) is 7.74. The molecule has 132 valence electrons. The van der Waals surface area contributed by atoms with Gasteiger partial charge in [-0.15, -0.1) is 0 Å². The van der Waals surface area contributed by atoms with E-state index < -0.39 is 0 Å². The van der Waals surface area contributed by atoms with Gasteiger partial charge in [0.1, 0.15) is 0 Å². The van der Waals surface area contributed by atoms with E-state index >= 15 is 0 Å². The molecule has 2 rings (SSSR count). The molecule has 1 heterocycles. The normalized spacial score (nSPS) is 18.0. The summed E-state index contributed by atoms with van der Waals surface area (Å²) >= 11 is 0. The number of nitrogens with zero attached hydrogens (tertiary/aromatic N) is 1. The van der Waals surface area contributed by atoms with Gasteiger partial charge in [-0.25, -0.2) is 0 Å². The second-order valence-corrected chi connectivity index (χ2v) is 7.74. The molecule has 0 bridgehead atoms. The van der Waals surface area contributed by atoms with Crippen molar-refractivity contribution in [3.63, 3.8) is 0 Å². The zero-order valence-corrected chi connectivity index (χ0v) is 15.2. The van der Waals surface area contributed by atoms with Gasteiger partial charge in [0.25, 0.3) is 0 Å². The van der Waals surface area contributed by atoms with Crippen LogP contribution in [0.1, 0.15) is 52.0 Å². The number of hydrogen-bond donors (Lipinski definition) is 1. The van der Waals surface area contributed by atoms with Crippen LogP contribution in [0.25, 0.3) is 0 Å². The maximum Gasteiger partial charge on any atom is 0.223 e. The summed E-state index contributed by atoms with van der Waals surface area (Å²) in [5.41, 5.74) is 1.19. The molecule has 4 nitrogen and oxygen atoms in total. The SMILES string of the molecule is CC(C)(C)N1CC(CNC(=O)CCCCc2ccccc2)CC1=O. The number of unbranched alkanes of at least 4 members (excludes halogenated alkanes) is 1. The highest BCUT2D eigenvalue weighted by molar-refractivity contribution is 5.80. The Bertz CT molecular complexity index is 549. The topological polar surface area (TPSA) is 49.4 Å². The van der Waals surface area contributed by atoms with Crippen molar-refractivity contribution >= 4 is 11.8 Å². The number of rotatable bonds is 7. The summed E-state index contributed by atoms with van der Waals surface area (Å²) in [6, 6.07) is 10.4. The van der Waals surface area contributed by atoms with Gasteiger partial charge >= 0.3 is 0 Å². The van der Waals surface area contributed by atoms with Gasteiger partial charge in [0, 0.05) is 37.4 Å². The van der Waals surface area contributed by atoms with Crippen LogP contribution in [0.4, 0.5) is 0 Å². The largest absolute Gasteiger partial charge is 0.356 e. The summed E-state index contributed by atoms with van der Waals surface area (Å²) in [7, 11) is 0. The van der Waals surface area contributed by atoms with E-state index in [-0.39, 0.29) is 23.3 Å². The van der Waals surface area contributed by atoms with E-state index in [1.165, 1.54) is 5.56 Å². The van der Waals surface area contributed by atoms with Crippen LogP contribution in [0.15, 0.2) is 30.3 Å². The smallest absolute Gasteiger partial charge is 0.223 e. The predicted octanol–water partition coefficient (Wildman–Crippen LogP) is 3.16. The monoisotopic (exact) mass is 330 g/mol. The molecular weight excluding hydrogens is 300 g/mol. The van der Waals surface area contributed by atoms with Gasteiger partial charge in [-0.2, -0.15) is 0 Å². The lowest BCUT2D eigenvalue weighted by molar-refractivity contribution is -0.131. The van der Waals surface area contributed by atoms with Crippen molar-refractivity contribution in [2.45, 2.75) is 58.4 Å². The van der Waals surface area contributed by atoms with Crippen molar-refractivity contribution in [3.05, 3.63) is 35.9 Å². The minimum Gasteiger partial charge on any atom is -0.356 e. The number of carbonyl (C=O) groups is 2. The molecule has 0 aliphatic carbocycles. The quantitative estimate of drug-likeness (QED) is 0.781. The van der Waals surface area contributed by atoms with Crippen LogP contribution in [0, 0.1) is 5.92 Å². The molecule has 0 spiro atoms. The van der Waals surface area contributed by atoms with Crippen molar-refractivity contribution < 1.29 is 9.59 Å². The molecule has 1 aromatic carbocycles. The predicted molar refractivity (Wildman–Crippen MR) is 96.6 cm³/mol. The first-order valence-electron chi connectivity index (χ1n) is 8.97. The molecule has 1 aliphatic rings. The van der Waals surface area contributed by atoms with Crippen molar-refractivity contribution in [2.75, 3.05) is 13.1 Å². The molecular formula is C20H30N2O2. The Morgan fingerprint density at radius 3 is 2.54 bits per heavy atom. The maximum absolute atomic E-state index is 12.0. The molecule has 0 aromatic heterocycles. The van der Waals surface area contributed by atoms with Crippen molar-refractivity contribution in [1.82, 2.24) is 10.2 Å². The number of carbonyl (C=O) groups excluding carboxylic acids is 2. The zero-order valence-electron chi connectivity index (χ0n) is 15.2. The number of aryl methyl sites for hydroxylation is 1. The Balaban J connectivity index is 1.61. The van der Waals surface area contributed by atoms with E-state index in [9.17, 15) is 9.59 Å². The minimum absolute atomic E-state index is 0.102. The van der Waals surface area contributed by atoms with E-state index in [0.29, 0.717) is 19.4 Å². The van der Waals surface area contributed by atoms with Crippen LogP contribution in [0.3, 0.4) is 0 Å². The molecule has 1 unspecified atom stereocenters. The third kappa shape index (κ3) is 5.66. The molecule has 2 amide bonds. The summed E-state index contributed by atoms with van der Waals surface area (Å²) in [6.45, 7) is 7.52. The van der Waals surface area contributed by atoms with Crippen LogP contribution in [0.2, 0.25) is 0 Å². The van der Waals surface area contributed by atoms with Crippen LogP contribution in [0.5, 0.6) is 0 Å². The lowest BCUT2D eigenvalue weighted by Crippen LogP contribution is -2.42.